The molecular weight excluding hydrogens is 422 g/mol. The van der Waals surface area contributed by atoms with E-state index in [2.05, 4.69) is 16.1 Å². The van der Waals surface area contributed by atoms with E-state index in [-0.39, 0.29) is 29.5 Å². The first-order valence-corrected chi connectivity index (χ1v) is 10.2. The van der Waals surface area contributed by atoms with Gasteiger partial charge in [-0.2, -0.15) is 0 Å². The van der Waals surface area contributed by atoms with Crippen LogP contribution in [0.1, 0.15) is 26.2 Å². The second-order valence-corrected chi connectivity index (χ2v) is 9.23. The van der Waals surface area contributed by atoms with Gasteiger partial charge in [0.15, 0.2) is 6.61 Å². The number of likely N-dealkylation sites (N-methyl/N-ethyl adjacent to an activating group) is 1. The molecule has 10 heteroatoms. The fourth-order valence-electron chi connectivity index (χ4n) is 4.72. The molecular formula is C19H23Cl2FN4O3. The highest BCUT2D eigenvalue weighted by Gasteiger charge is 2.69. The van der Waals surface area contributed by atoms with Crippen molar-refractivity contribution >= 4 is 35.0 Å². The number of halogens is 3. The third kappa shape index (κ3) is 3.79. The number of hydrogen-bond acceptors (Lipinski definition) is 5. The van der Waals surface area contributed by atoms with Crippen molar-refractivity contribution < 1.29 is 18.7 Å². The van der Waals surface area contributed by atoms with Gasteiger partial charge in [-0.25, -0.2) is 14.8 Å². The predicted molar refractivity (Wildman–Crippen MR) is 107 cm³/mol. The average molecular weight is 445 g/mol. The maximum absolute atomic E-state index is 14.3. The molecule has 3 atom stereocenters. The second-order valence-electron chi connectivity index (χ2n) is 8.41. The smallest absolute Gasteiger partial charge is 0.258 e. The van der Waals surface area contributed by atoms with E-state index in [1.807, 2.05) is 0 Å². The molecule has 4 fully saturated rings. The Morgan fingerprint density at radius 1 is 1.24 bits per heavy atom. The van der Waals surface area contributed by atoms with Gasteiger partial charge in [-0.3, -0.25) is 9.59 Å². The SMILES string of the molecule is CC1NN(C)C(C(=O)NC23CC(NC(=O)COc4ccc(Cl)c(Cl)c4)(C2)C3)C1F. The first-order valence-electron chi connectivity index (χ1n) is 9.46. The van der Waals surface area contributed by atoms with Crippen molar-refractivity contribution in [2.45, 2.75) is 55.5 Å². The lowest BCUT2D eigenvalue weighted by Crippen LogP contribution is -2.84. The van der Waals surface area contributed by atoms with Crippen molar-refractivity contribution in [3.63, 3.8) is 0 Å². The van der Waals surface area contributed by atoms with Gasteiger partial charge in [-0.05, 0) is 38.3 Å². The van der Waals surface area contributed by atoms with Crippen LogP contribution < -0.4 is 20.8 Å². The molecule has 3 aliphatic carbocycles. The summed E-state index contributed by atoms with van der Waals surface area (Å²) in [6, 6.07) is 3.55. The Hall–Kier alpha value is -1.61. The van der Waals surface area contributed by atoms with Gasteiger partial charge in [0.05, 0.1) is 16.1 Å². The van der Waals surface area contributed by atoms with Gasteiger partial charge in [-0.15, -0.1) is 0 Å². The van der Waals surface area contributed by atoms with Crippen LogP contribution in [0.4, 0.5) is 4.39 Å². The molecule has 2 amide bonds. The molecule has 1 aliphatic heterocycles. The van der Waals surface area contributed by atoms with E-state index in [0.717, 1.165) is 0 Å². The van der Waals surface area contributed by atoms with Gasteiger partial charge in [0.25, 0.3) is 5.91 Å². The molecule has 7 nitrogen and oxygen atoms in total. The summed E-state index contributed by atoms with van der Waals surface area (Å²) in [6.45, 7) is 1.57. The molecule has 1 aromatic rings. The number of carbonyl (C=O) groups excluding carboxylic acids is 2. The number of amides is 2. The molecule has 3 saturated carbocycles. The van der Waals surface area contributed by atoms with Crippen LogP contribution >= 0.6 is 23.2 Å². The van der Waals surface area contributed by atoms with Crippen LogP contribution in [-0.4, -0.2) is 59.8 Å². The summed E-state index contributed by atoms with van der Waals surface area (Å²) >= 11 is 11.8. The number of nitrogens with one attached hydrogen (secondary N) is 3. The van der Waals surface area contributed by atoms with Crippen LogP contribution in [0.5, 0.6) is 5.75 Å². The number of hydrazine groups is 1. The molecule has 4 aliphatic rings. The Morgan fingerprint density at radius 3 is 2.48 bits per heavy atom. The molecule has 5 rings (SSSR count). The van der Waals surface area contributed by atoms with Crippen molar-refractivity contribution in [3.8, 4) is 5.75 Å². The Labute approximate surface area is 178 Å². The maximum atomic E-state index is 14.3. The van der Waals surface area contributed by atoms with E-state index in [0.29, 0.717) is 35.1 Å². The molecule has 1 saturated heterocycles. The van der Waals surface area contributed by atoms with Crippen LogP contribution in [0.15, 0.2) is 18.2 Å². The summed E-state index contributed by atoms with van der Waals surface area (Å²) in [5.74, 6) is -0.104. The molecule has 3 N–H and O–H groups in total. The zero-order valence-electron chi connectivity index (χ0n) is 16.1. The molecule has 0 spiro atoms. The van der Waals surface area contributed by atoms with E-state index in [1.54, 1.807) is 32.2 Å². The third-order valence-corrected chi connectivity index (χ3v) is 6.70. The van der Waals surface area contributed by atoms with E-state index in [4.69, 9.17) is 27.9 Å². The van der Waals surface area contributed by atoms with Crippen LogP contribution in [0, 0.1) is 0 Å². The van der Waals surface area contributed by atoms with Gasteiger partial charge in [0, 0.05) is 24.2 Å². The van der Waals surface area contributed by atoms with Crippen LogP contribution in [0.2, 0.25) is 10.0 Å². The monoisotopic (exact) mass is 444 g/mol. The zero-order valence-corrected chi connectivity index (χ0v) is 17.6. The largest absolute Gasteiger partial charge is 0.484 e. The molecule has 0 aromatic heterocycles. The summed E-state index contributed by atoms with van der Waals surface area (Å²) in [6.07, 6.45) is 0.654. The standard InChI is InChI=1S/C19H23Cl2FN4O3/c1-10-15(22)16(26(2)25-10)17(28)24-19-7-18(8-19,9-19)23-14(27)6-29-11-3-4-12(20)13(21)5-11/h3-5,10,15-16,25H,6-9H2,1-2H3,(H,23,27)(H,24,28). The second kappa shape index (κ2) is 7.27. The first-order chi connectivity index (χ1) is 13.6. The lowest BCUT2D eigenvalue weighted by molar-refractivity contribution is -0.153. The predicted octanol–water partition coefficient (Wildman–Crippen LogP) is 1.82. The number of rotatable bonds is 6. The Bertz CT molecular complexity index is 835. The van der Waals surface area contributed by atoms with Crippen molar-refractivity contribution in [2.75, 3.05) is 13.7 Å². The molecule has 29 heavy (non-hydrogen) atoms. The summed E-state index contributed by atoms with van der Waals surface area (Å²) in [5.41, 5.74) is 2.25. The molecule has 3 unspecified atom stereocenters. The molecule has 2 bridgehead atoms. The lowest BCUT2D eigenvalue weighted by Gasteiger charge is -2.70. The molecule has 1 aromatic carbocycles. The Kier molecular flexibility index (Phi) is 5.17. The normalized spacial score (nSPS) is 35.4. The highest BCUT2D eigenvalue weighted by molar-refractivity contribution is 6.42. The summed E-state index contributed by atoms with van der Waals surface area (Å²) in [7, 11) is 1.66. The highest BCUT2D eigenvalue weighted by atomic mass is 35.5. The summed E-state index contributed by atoms with van der Waals surface area (Å²) < 4.78 is 19.7. The number of benzene rings is 1. The Morgan fingerprint density at radius 2 is 1.90 bits per heavy atom. The van der Waals surface area contributed by atoms with Gasteiger partial charge in [-0.1, -0.05) is 23.2 Å². The minimum absolute atomic E-state index is 0.140. The van der Waals surface area contributed by atoms with Crippen molar-refractivity contribution in [1.82, 2.24) is 21.1 Å². The number of ether oxygens (including phenoxy) is 1. The minimum atomic E-state index is -1.26. The third-order valence-electron chi connectivity index (χ3n) is 5.96. The number of hydrogen-bond donors (Lipinski definition) is 3. The number of nitrogens with zero attached hydrogens (tertiary/aromatic N) is 1. The van der Waals surface area contributed by atoms with E-state index in [9.17, 15) is 14.0 Å². The average Bonchev–Trinajstić information content (AvgIpc) is 2.85. The lowest BCUT2D eigenvalue weighted by atomic mass is 9.44. The number of carbonyl (C=O) groups is 2. The van der Waals surface area contributed by atoms with Gasteiger partial charge in [0.2, 0.25) is 5.91 Å². The minimum Gasteiger partial charge on any atom is -0.484 e. The maximum Gasteiger partial charge on any atom is 0.258 e. The molecule has 0 radical (unpaired) electrons. The van der Waals surface area contributed by atoms with Crippen LogP contribution in [0.3, 0.4) is 0 Å². The fourth-order valence-corrected chi connectivity index (χ4v) is 5.00. The first kappa shape index (κ1) is 20.7. The Balaban J connectivity index is 1.23. The van der Waals surface area contributed by atoms with E-state index < -0.39 is 18.3 Å². The molecule has 158 valence electrons. The van der Waals surface area contributed by atoms with Gasteiger partial charge >= 0.3 is 0 Å². The van der Waals surface area contributed by atoms with E-state index >= 15 is 0 Å². The quantitative estimate of drug-likeness (QED) is 0.623. The topological polar surface area (TPSA) is 82.7 Å². The van der Waals surface area contributed by atoms with Gasteiger partial charge in [0.1, 0.15) is 18.0 Å². The summed E-state index contributed by atoms with van der Waals surface area (Å²) in [5, 5.41) is 8.25. The zero-order chi connectivity index (χ0) is 21.0. The van der Waals surface area contributed by atoms with Crippen LogP contribution in [0.25, 0.3) is 0 Å². The molecule has 1 heterocycles. The van der Waals surface area contributed by atoms with Crippen molar-refractivity contribution in [3.05, 3.63) is 28.2 Å². The van der Waals surface area contributed by atoms with Crippen molar-refractivity contribution in [1.29, 1.82) is 0 Å². The van der Waals surface area contributed by atoms with E-state index in [1.165, 1.54) is 5.01 Å². The van der Waals surface area contributed by atoms with Gasteiger partial charge < -0.3 is 15.4 Å². The summed E-state index contributed by atoms with van der Waals surface area (Å²) in [4.78, 5) is 24.7. The fraction of sp³-hybridized carbons (Fsp3) is 0.579. The highest BCUT2D eigenvalue weighted by Crippen LogP contribution is 2.60. The number of alkyl halides is 1. The van der Waals surface area contributed by atoms with Crippen LogP contribution in [-0.2, 0) is 9.59 Å². The van der Waals surface area contributed by atoms with Crippen molar-refractivity contribution in [2.24, 2.45) is 0 Å².